The summed E-state index contributed by atoms with van der Waals surface area (Å²) in [5, 5.41) is 20.5. The average Bonchev–Trinajstić information content (AvgIpc) is 2.53. The Labute approximate surface area is 143 Å². The van der Waals surface area contributed by atoms with Crippen LogP contribution in [0.1, 0.15) is 38.1 Å². The van der Waals surface area contributed by atoms with Crippen molar-refractivity contribution in [2.45, 2.75) is 38.9 Å². The van der Waals surface area contributed by atoms with Crippen LogP contribution in [0.5, 0.6) is 0 Å². The van der Waals surface area contributed by atoms with Crippen molar-refractivity contribution in [2.24, 2.45) is 0 Å². The fraction of sp³-hybridized carbons (Fsp3) is 0.389. The Balaban J connectivity index is 2.16. The third-order valence-corrected chi connectivity index (χ3v) is 4.37. The first-order valence-corrected chi connectivity index (χ1v) is 7.94. The summed E-state index contributed by atoms with van der Waals surface area (Å²) in [4.78, 5) is 14.1. The van der Waals surface area contributed by atoms with E-state index < -0.39 is 18.3 Å². The SMILES string of the molecule is CC(C)(O)C(C)(C)OB(O)c1cccc(C(=O)N2C=CC=CC2)c1. The molecule has 0 saturated heterocycles. The molecule has 0 bridgehead atoms. The third kappa shape index (κ3) is 4.14. The number of carbonyl (C=O) groups excluding carboxylic acids is 1. The highest BCUT2D eigenvalue weighted by atomic mass is 16.5. The van der Waals surface area contributed by atoms with Gasteiger partial charge in [-0.05, 0) is 51.4 Å². The number of aliphatic hydroxyl groups is 1. The third-order valence-electron chi connectivity index (χ3n) is 4.37. The minimum atomic E-state index is -1.24. The molecule has 5 nitrogen and oxygen atoms in total. The van der Waals surface area contributed by atoms with Gasteiger partial charge in [-0.25, -0.2) is 0 Å². The molecule has 0 fully saturated rings. The summed E-state index contributed by atoms with van der Waals surface area (Å²) in [6, 6.07) is 6.70. The smallest absolute Gasteiger partial charge is 0.423 e. The molecule has 0 aliphatic carbocycles. The zero-order chi connectivity index (χ0) is 18.0. The molecular weight excluding hydrogens is 305 g/mol. The molecule has 1 amide bonds. The van der Waals surface area contributed by atoms with Gasteiger partial charge in [0, 0.05) is 18.3 Å². The van der Waals surface area contributed by atoms with Crippen LogP contribution in [-0.4, -0.2) is 45.8 Å². The van der Waals surface area contributed by atoms with Crippen LogP contribution in [0.15, 0.2) is 48.7 Å². The van der Waals surface area contributed by atoms with E-state index in [4.69, 9.17) is 4.65 Å². The minimum absolute atomic E-state index is 0.147. The Bertz CT molecular complexity index is 661. The summed E-state index contributed by atoms with van der Waals surface area (Å²) >= 11 is 0. The van der Waals surface area contributed by atoms with Gasteiger partial charge in [0.2, 0.25) is 0 Å². The van der Waals surface area contributed by atoms with Crippen LogP contribution in [0, 0.1) is 0 Å². The summed E-state index contributed by atoms with van der Waals surface area (Å²) in [5.41, 5.74) is -1.16. The molecule has 1 aromatic carbocycles. The lowest BCUT2D eigenvalue weighted by Gasteiger charge is -2.38. The van der Waals surface area contributed by atoms with Crippen molar-refractivity contribution in [3.63, 3.8) is 0 Å². The van der Waals surface area contributed by atoms with E-state index >= 15 is 0 Å². The van der Waals surface area contributed by atoms with Crippen LogP contribution in [0.4, 0.5) is 0 Å². The molecule has 0 radical (unpaired) electrons. The Hall–Kier alpha value is -1.89. The lowest BCUT2D eigenvalue weighted by molar-refractivity contribution is -0.0982. The van der Waals surface area contributed by atoms with E-state index in [1.54, 1.807) is 69.1 Å². The first kappa shape index (κ1) is 18.5. The lowest BCUT2D eigenvalue weighted by atomic mass is 9.76. The van der Waals surface area contributed by atoms with Gasteiger partial charge in [0.05, 0.1) is 11.2 Å². The maximum absolute atomic E-state index is 12.5. The van der Waals surface area contributed by atoms with E-state index in [0.29, 0.717) is 17.6 Å². The standard InChI is InChI=1S/C18H24BNO4/c1-17(2,22)18(3,4)24-19(23)15-10-8-9-14(13-15)16(21)20-11-6-5-7-12-20/h5-11,13,22-23H,12H2,1-4H3. The maximum atomic E-state index is 12.5. The number of allylic oxidation sites excluding steroid dienone is 2. The summed E-state index contributed by atoms with van der Waals surface area (Å²) < 4.78 is 5.62. The van der Waals surface area contributed by atoms with Crippen LogP contribution >= 0.6 is 0 Å². The molecule has 0 saturated carbocycles. The number of hydrogen-bond acceptors (Lipinski definition) is 4. The van der Waals surface area contributed by atoms with Crippen molar-refractivity contribution in [3.05, 3.63) is 54.3 Å². The zero-order valence-electron chi connectivity index (χ0n) is 14.6. The fourth-order valence-electron chi connectivity index (χ4n) is 2.10. The van der Waals surface area contributed by atoms with Crippen LogP contribution in [0.3, 0.4) is 0 Å². The van der Waals surface area contributed by atoms with Crippen molar-refractivity contribution in [3.8, 4) is 0 Å². The molecule has 1 heterocycles. The Morgan fingerprint density at radius 1 is 1.25 bits per heavy atom. The highest BCUT2D eigenvalue weighted by Gasteiger charge is 2.39. The lowest BCUT2D eigenvalue weighted by Crippen LogP contribution is -2.53. The number of amides is 1. The zero-order valence-corrected chi connectivity index (χ0v) is 14.6. The molecule has 0 atom stereocenters. The molecule has 128 valence electrons. The first-order chi connectivity index (χ1) is 11.1. The summed E-state index contributed by atoms with van der Waals surface area (Å²) in [6.45, 7) is 7.17. The monoisotopic (exact) mass is 329 g/mol. The molecule has 1 aliphatic heterocycles. The quantitative estimate of drug-likeness (QED) is 0.803. The van der Waals surface area contributed by atoms with Gasteiger partial charge in [0.25, 0.3) is 5.91 Å². The van der Waals surface area contributed by atoms with Crippen molar-refractivity contribution in [1.82, 2.24) is 4.90 Å². The topological polar surface area (TPSA) is 70.0 Å². The highest BCUT2D eigenvalue weighted by Crippen LogP contribution is 2.25. The normalized spacial score (nSPS) is 14.8. The van der Waals surface area contributed by atoms with Gasteiger partial charge in [-0.15, -0.1) is 0 Å². The molecule has 6 heteroatoms. The van der Waals surface area contributed by atoms with Crippen molar-refractivity contribution in [2.75, 3.05) is 6.54 Å². The van der Waals surface area contributed by atoms with E-state index in [1.807, 2.05) is 12.2 Å². The fourth-order valence-corrected chi connectivity index (χ4v) is 2.10. The van der Waals surface area contributed by atoms with Crippen molar-refractivity contribution < 1.29 is 19.6 Å². The second-order valence-corrected chi connectivity index (χ2v) is 6.89. The van der Waals surface area contributed by atoms with E-state index in [9.17, 15) is 14.9 Å². The number of nitrogens with zero attached hydrogens (tertiary/aromatic N) is 1. The van der Waals surface area contributed by atoms with Gasteiger partial charge in [0.1, 0.15) is 0 Å². The molecule has 2 rings (SSSR count). The van der Waals surface area contributed by atoms with Gasteiger partial charge < -0.3 is 19.7 Å². The molecule has 24 heavy (non-hydrogen) atoms. The predicted molar refractivity (Wildman–Crippen MR) is 94.8 cm³/mol. The largest absolute Gasteiger partial charge is 0.491 e. The van der Waals surface area contributed by atoms with Crippen LogP contribution in [0.2, 0.25) is 0 Å². The first-order valence-electron chi connectivity index (χ1n) is 7.94. The Morgan fingerprint density at radius 3 is 2.54 bits per heavy atom. The van der Waals surface area contributed by atoms with Crippen molar-refractivity contribution in [1.29, 1.82) is 0 Å². The number of benzene rings is 1. The molecule has 0 unspecified atom stereocenters. The van der Waals surface area contributed by atoms with E-state index in [-0.39, 0.29) is 5.91 Å². The van der Waals surface area contributed by atoms with E-state index in [0.717, 1.165) is 0 Å². The van der Waals surface area contributed by atoms with Crippen molar-refractivity contribution >= 4 is 18.5 Å². The molecule has 0 aromatic heterocycles. The average molecular weight is 329 g/mol. The molecule has 2 N–H and O–H groups in total. The molecular formula is C18H24BNO4. The number of rotatable bonds is 5. The predicted octanol–water partition coefficient (Wildman–Crippen LogP) is 1.47. The second kappa shape index (κ2) is 6.93. The summed E-state index contributed by atoms with van der Waals surface area (Å²) in [5.74, 6) is -0.147. The highest BCUT2D eigenvalue weighted by molar-refractivity contribution is 6.60. The summed E-state index contributed by atoms with van der Waals surface area (Å²) in [7, 11) is -1.24. The van der Waals surface area contributed by atoms with Crippen LogP contribution in [0.25, 0.3) is 0 Å². The van der Waals surface area contributed by atoms with Crippen LogP contribution in [-0.2, 0) is 4.65 Å². The molecule has 1 aliphatic rings. The number of carbonyl (C=O) groups is 1. The molecule has 1 aromatic rings. The second-order valence-electron chi connectivity index (χ2n) is 6.89. The van der Waals surface area contributed by atoms with Gasteiger partial charge in [-0.3, -0.25) is 4.79 Å². The van der Waals surface area contributed by atoms with Gasteiger partial charge in [0.15, 0.2) is 0 Å². The van der Waals surface area contributed by atoms with E-state index in [2.05, 4.69) is 0 Å². The Morgan fingerprint density at radius 2 is 1.96 bits per heavy atom. The van der Waals surface area contributed by atoms with Gasteiger partial charge in [-0.2, -0.15) is 0 Å². The van der Waals surface area contributed by atoms with E-state index in [1.165, 1.54) is 0 Å². The van der Waals surface area contributed by atoms with Gasteiger partial charge >= 0.3 is 7.12 Å². The number of hydrogen-bond donors (Lipinski definition) is 2. The molecule has 0 spiro atoms. The van der Waals surface area contributed by atoms with Gasteiger partial charge in [-0.1, -0.05) is 24.3 Å². The maximum Gasteiger partial charge on any atom is 0.491 e. The Kier molecular flexibility index (Phi) is 5.33. The van der Waals surface area contributed by atoms with Crippen LogP contribution < -0.4 is 5.46 Å². The summed E-state index contributed by atoms with van der Waals surface area (Å²) in [6.07, 6.45) is 7.30. The minimum Gasteiger partial charge on any atom is -0.423 e.